The Balaban J connectivity index is 1.74. The van der Waals surface area contributed by atoms with Gasteiger partial charge in [0.25, 0.3) is 11.5 Å². The first kappa shape index (κ1) is 29.6. The largest absolute Gasteiger partial charge is 0.454 e. The lowest BCUT2D eigenvalue weighted by Gasteiger charge is -2.22. The van der Waals surface area contributed by atoms with Gasteiger partial charge in [0.1, 0.15) is 34.5 Å². The van der Waals surface area contributed by atoms with Gasteiger partial charge in [-0.2, -0.15) is 13.2 Å². The Kier molecular flexibility index (Phi) is 8.86. The maximum absolute atomic E-state index is 14.8. The summed E-state index contributed by atoms with van der Waals surface area (Å²) in [6.07, 6.45) is -2.81. The van der Waals surface area contributed by atoms with Crippen LogP contribution in [0.5, 0.6) is 11.5 Å². The molecule has 0 unspecified atom stereocenters. The van der Waals surface area contributed by atoms with Gasteiger partial charge in [-0.25, -0.2) is 9.11 Å². The lowest BCUT2D eigenvalue weighted by molar-refractivity contribution is -0.120. The van der Waals surface area contributed by atoms with E-state index in [1.165, 1.54) is 48.9 Å². The number of alkyl halides is 3. The second-order valence-corrected chi connectivity index (χ2v) is 10.3. The quantitative estimate of drug-likeness (QED) is 0.123. The minimum atomic E-state index is -4.40. The molecule has 3 aromatic rings. The number of hydrogen-bond acceptors (Lipinski definition) is 7. The van der Waals surface area contributed by atoms with E-state index in [1.807, 2.05) is 0 Å². The number of hydrogen-bond donors (Lipinski definition) is 4. The molecule has 14 heteroatoms. The summed E-state index contributed by atoms with van der Waals surface area (Å²) in [6.45, 7) is 1.98. The number of ether oxygens (including phenoxy) is 1. The minimum absolute atomic E-state index is 0.00322. The second kappa shape index (κ2) is 12.0. The normalized spacial score (nSPS) is 13.2. The van der Waals surface area contributed by atoms with Crippen molar-refractivity contribution in [3.05, 3.63) is 74.3 Å². The van der Waals surface area contributed by atoms with E-state index < -0.39 is 30.0 Å². The number of halogens is 5. The Morgan fingerprint density at radius 2 is 1.90 bits per heavy atom. The summed E-state index contributed by atoms with van der Waals surface area (Å²) in [5.74, 6) is -1.18. The van der Waals surface area contributed by atoms with Crippen LogP contribution in [-0.4, -0.2) is 29.2 Å². The predicted molar refractivity (Wildman–Crippen MR) is 148 cm³/mol. The molecule has 0 radical (unpaired) electrons. The molecule has 2 aromatic carbocycles. The zero-order chi connectivity index (χ0) is 29.2. The monoisotopic (exact) mass is 599 g/mol. The molecular weight excluding hydrogens is 574 g/mol. The van der Waals surface area contributed by atoms with Crippen LogP contribution in [0.25, 0.3) is 0 Å². The smallest absolute Gasteiger partial charge is 0.402 e. The van der Waals surface area contributed by atoms with Crippen LogP contribution in [0.15, 0.2) is 41.2 Å². The van der Waals surface area contributed by atoms with Crippen molar-refractivity contribution in [3.8, 4) is 11.5 Å². The lowest BCUT2D eigenvalue weighted by Crippen LogP contribution is -2.31. The molecule has 8 nitrogen and oxygen atoms in total. The Morgan fingerprint density at radius 1 is 1.18 bits per heavy atom. The number of carbonyl (C=O) groups excluding carboxylic acids is 1. The number of pyridine rings is 1. The third-order valence-electron chi connectivity index (χ3n) is 5.96. The Hall–Kier alpha value is -3.42. The van der Waals surface area contributed by atoms with Crippen LogP contribution in [0.4, 0.5) is 34.8 Å². The SMILES string of the molecule is Cc1ccc(Nc2c(C(=O)NC3CC3)c(Oc3cccc(NSNCC(F)(F)F)c3Cl)c(C)c(=O)n2C)c(F)c1. The summed E-state index contributed by atoms with van der Waals surface area (Å²) in [7, 11) is 1.45. The van der Waals surface area contributed by atoms with Crippen molar-refractivity contribution >= 4 is 46.8 Å². The topological polar surface area (TPSA) is 96.4 Å². The van der Waals surface area contributed by atoms with Crippen molar-refractivity contribution in [2.45, 2.75) is 38.9 Å². The highest BCUT2D eigenvalue weighted by atomic mass is 35.5. The van der Waals surface area contributed by atoms with Gasteiger partial charge in [-0.05, 0) is 56.5 Å². The molecule has 4 N–H and O–H groups in total. The second-order valence-electron chi connectivity index (χ2n) is 9.26. The summed E-state index contributed by atoms with van der Waals surface area (Å²) in [5.41, 5.74) is 0.501. The molecule has 4 rings (SSSR count). The fourth-order valence-electron chi connectivity index (χ4n) is 3.72. The van der Waals surface area contributed by atoms with Gasteiger partial charge in [0.2, 0.25) is 0 Å². The molecule has 1 aromatic heterocycles. The van der Waals surface area contributed by atoms with E-state index >= 15 is 0 Å². The molecule has 214 valence electrons. The maximum Gasteiger partial charge on any atom is 0.402 e. The number of anilines is 3. The van der Waals surface area contributed by atoms with Crippen LogP contribution in [0.2, 0.25) is 5.02 Å². The Bertz CT molecular complexity index is 1490. The van der Waals surface area contributed by atoms with Gasteiger partial charge in [0.15, 0.2) is 5.75 Å². The first-order valence-electron chi connectivity index (χ1n) is 12.1. The molecule has 1 saturated carbocycles. The highest BCUT2D eigenvalue weighted by Crippen LogP contribution is 2.40. The van der Waals surface area contributed by atoms with Crippen molar-refractivity contribution < 1.29 is 27.1 Å². The number of aryl methyl sites for hydroxylation is 1. The van der Waals surface area contributed by atoms with E-state index in [-0.39, 0.29) is 50.9 Å². The number of nitrogens with zero attached hydrogens (tertiary/aromatic N) is 1. The van der Waals surface area contributed by atoms with Crippen LogP contribution in [0.1, 0.15) is 34.3 Å². The predicted octanol–water partition coefficient (Wildman–Crippen LogP) is 6.35. The lowest BCUT2D eigenvalue weighted by atomic mass is 10.1. The van der Waals surface area contributed by atoms with Crippen molar-refractivity contribution in [2.24, 2.45) is 7.05 Å². The molecule has 1 amide bonds. The number of amides is 1. The third kappa shape index (κ3) is 7.01. The maximum atomic E-state index is 14.8. The third-order valence-corrected chi connectivity index (χ3v) is 6.96. The van der Waals surface area contributed by atoms with Crippen molar-refractivity contribution in [3.63, 3.8) is 0 Å². The van der Waals surface area contributed by atoms with Crippen LogP contribution < -0.4 is 30.4 Å². The Labute approximate surface area is 236 Å². The molecule has 1 aliphatic carbocycles. The summed E-state index contributed by atoms with van der Waals surface area (Å²) >= 11 is 7.06. The van der Waals surface area contributed by atoms with E-state index in [2.05, 4.69) is 20.1 Å². The van der Waals surface area contributed by atoms with E-state index in [0.717, 1.165) is 12.8 Å². The van der Waals surface area contributed by atoms with Gasteiger partial charge >= 0.3 is 6.18 Å². The number of rotatable bonds is 10. The zero-order valence-electron chi connectivity index (χ0n) is 21.6. The van der Waals surface area contributed by atoms with Gasteiger partial charge < -0.3 is 20.1 Å². The Morgan fingerprint density at radius 3 is 2.55 bits per heavy atom. The first-order chi connectivity index (χ1) is 18.9. The molecular formula is C26H26ClF4N5O3S. The van der Waals surface area contributed by atoms with Gasteiger partial charge in [-0.1, -0.05) is 23.7 Å². The molecule has 0 aliphatic heterocycles. The average Bonchev–Trinajstić information content (AvgIpc) is 3.70. The average molecular weight is 600 g/mol. The molecule has 1 fully saturated rings. The standard InChI is InChI=1S/C26H26ClF4N5O3S/c1-13-7-10-17(16(28)11-13)34-23-20(24(37)33-15-8-9-15)22(14(2)25(38)36(23)3)39-19-6-4-5-18(21(19)27)35-40-32-12-26(29,30)31/h4-7,10-11,15,32,34-35H,8-9,12H2,1-3H3,(H,33,37). The fourth-order valence-corrected chi connectivity index (χ4v) is 4.58. The zero-order valence-corrected chi connectivity index (χ0v) is 23.2. The van der Waals surface area contributed by atoms with Crippen LogP contribution in [0, 0.1) is 19.7 Å². The number of nitrogens with one attached hydrogen (secondary N) is 4. The van der Waals surface area contributed by atoms with Gasteiger partial charge in [-0.3, -0.25) is 14.2 Å². The van der Waals surface area contributed by atoms with E-state index in [0.29, 0.717) is 17.7 Å². The molecule has 40 heavy (non-hydrogen) atoms. The fraction of sp³-hybridized carbons (Fsp3) is 0.308. The molecule has 0 atom stereocenters. The highest BCUT2D eigenvalue weighted by Gasteiger charge is 2.31. The van der Waals surface area contributed by atoms with Crippen molar-refractivity contribution in [1.82, 2.24) is 14.6 Å². The molecule has 0 bridgehead atoms. The van der Waals surface area contributed by atoms with Crippen LogP contribution >= 0.6 is 23.7 Å². The van der Waals surface area contributed by atoms with Gasteiger partial charge in [-0.15, -0.1) is 0 Å². The summed E-state index contributed by atoms with van der Waals surface area (Å²) in [4.78, 5) is 26.7. The highest BCUT2D eigenvalue weighted by molar-refractivity contribution is 7.98. The molecule has 1 aliphatic rings. The summed E-state index contributed by atoms with van der Waals surface area (Å²) in [6, 6.07) is 8.98. The van der Waals surface area contributed by atoms with E-state index in [1.54, 1.807) is 13.0 Å². The molecule has 0 saturated heterocycles. The number of aromatic nitrogens is 1. The van der Waals surface area contributed by atoms with E-state index in [9.17, 15) is 27.2 Å². The number of benzene rings is 2. The van der Waals surface area contributed by atoms with Gasteiger partial charge in [0, 0.05) is 25.2 Å². The molecule has 1 heterocycles. The first-order valence-corrected chi connectivity index (χ1v) is 13.3. The van der Waals surface area contributed by atoms with Crippen molar-refractivity contribution in [1.29, 1.82) is 0 Å². The summed E-state index contributed by atoms with van der Waals surface area (Å²) in [5, 5.41) is 5.75. The van der Waals surface area contributed by atoms with Crippen molar-refractivity contribution in [2.75, 3.05) is 16.6 Å². The summed E-state index contributed by atoms with van der Waals surface area (Å²) < 4.78 is 64.1. The van der Waals surface area contributed by atoms with Gasteiger partial charge in [0.05, 0.1) is 16.9 Å². The minimum Gasteiger partial charge on any atom is -0.454 e. The van der Waals surface area contributed by atoms with Crippen LogP contribution in [0.3, 0.4) is 0 Å². The van der Waals surface area contributed by atoms with E-state index in [4.69, 9.17) is 16.3 Å². The molecule has 0 spiro atoms. The number of carbonyl (C=O) groups is 1. The van der Waals surface area contributed by atoms with Crippen LogP contribution in [-0.2, 0) is 7.05 Å².